The lowest BCUT2D eigenvalue weighted by Crippen LogP contribution is -2.71. The van der Waals surface area contributed by atoms with Gasteiger partial charge in [0.15, 0.2) is 0 Å². The fourth-order valence-corrected chi connectivity index (χ4v) is 5.23. The monoisotopic (exact) mass is 330 g/mol. The van der Waals surface area contributed by atoms with Crippen molar-refractivity contribution >= 4 is 5.91 Å². The van der Waals surface area contributed by atoms with Crippen LogP contribution in [0.4, 0.5) is 0 Å². The topological polar surface area (TPSA) is 73.4 Å². The Balaban J connectivity index is 1.72. The largest absolute Gasteiger partial charge is 0.392 e. The molecule has 1 aliphatic heterocycles. The molecule has 2 heterocycles. The van der Waals surface area contributed by atoms with Gasteiger partial charge in [-0.25, -0.2) is 0 Å². The second-order valence-electron chi connectivity index (χ2n) is 8.23. The van der Waals surface area contributed by atoms with E-state index in [9.17, 15) is 14.7 Å². The second-order valence-corrected chi connectivity index (χ2v) is 8.23. The van der Waals surface area contributed by atoms with Crippen molar-refractivity contribution in [3.63, 3.8) is 0 Å². The van der Waals surface area contributed by atoms with Crippen LogP contribution in [0.1, 0.15) is 61.1 Å². The minimum absolute atomic E-state index is 0.0195. The zero-order valence-corrected chi connectivity index (χ0v) is 14.5. The SMILES string of the molecule is CC1(C)[C@@H](O)[C@H]2CCCN(C(=O)c3cc(=O)[nH]c4c3CCCC4)[C@H]21. The zero-order chi connectivity index (χ0) is 17.1. The van der Waals surface area contributed by atoms with Crippen LogP contribution in [0.5, 0.6) is 0 Å². The molecular weight excluding hydrogens is 304 g/mol. The van der Waals surface area contributed by atoms with Gasteiger partial charge in [-0.1, -0.05) is 13.8 Å². The van der Waals surface area contributed by atoms with Gasteiger partial charge >= 0.3 is 0 Å². The summed E-state index contributed by atoms with van der Waals surface area (Å²) in [6.45, 7) is 4.80. The third-order valence-corrected chi connectivity index (χ3v) is 6.44. The van der Waals surface area contributed by atoms with E-state index in [0.717, 1.165) is 56.3 Å². The fraction of sp³-hybridized carbons (Fsp3) is 0.684. The van der Waals surface area contributed by atoms with Crippen LogP contribution in [0.3, 0.4) is 0 Å². The molecule has 0 spiro atoms. The van der Waals surface area contributed by atoms with Crippen molar-refractivity contribution in [2.75, 3.05) is 6.54 Å². The number of piperidine rings is 1. The first-order chi connectivity index (χ1) is 11.4. The second kappa shape index (κ2) is 5.45. The van der Waals surface area contributed by atoms with Crippen LogP contribution in [0.15, 0.2) is 10.9 Å². The third kappa shape index (κ3) is 2.17. The number of carbonyl (C=O) groups is 1. The molecule has 1 aromatic rings. The number of amides is 1. The van der Waals surface area contributed by atoms with Crippen molar-refractivity contribution in [3.05, 3.63) is 33.2 Å². The summed E-state index contributed by atoms with van der Waals surface area (Å²) in [7, 11) is 0. The van der Waals surface area contributed by atoms with E-state index in [1.54, 1.807) is 0 Å². The van der Waals surface area contributed by atoms with E-state index in [1.807, 2.05) is 18.7 Å². The fourth-order valence-electron chi connectivity index (χ4n) is 5.23. The summed E-state index contributed by atoms with van der Waals surface area (Å²) in [5, 5.41) is 10.4. The number of aromatic nitrogens is 1. The van der Waals surface area contributed by atoms with Gasteiger partial charge in [-0.15, -0.1) is 0 Å². The molecule has 4 rings (SSSR count). The summed E-state index contributed by atoms with van der Waals surface area (Å²) in [5.41, 5.74) is 2.11. The number of carbonyl (C=O) groups excluding carboxylic acids is 1. The summed E-state index contributed by atoms with van der Waals surface area (Å²) >= 11 is 0. The van der Waals surface area contributed by atoms with Crippen LogP contribution in [0.2, 0.25) is 0 Å². The Morgan fingerprint density at radius 2 is 2.04 bits per heavy atom. The average molecular weight is 330 g/mol. The van der Waals surface area contributed by atoms with Gasteiger partial charge < -0.3 is 15.0 Å². The van der Waals surface area contributed by atoms with Crippen molar-refractivity contribution in [1.29, 1.82) is 0 Å². The third-order valence-electron chi connectivity index (χ3n) is 6.44. The van der Waals surface area contributed by atoms with Crippen molar-refractivity contribution < 1.29 is 9.90 Å². The van der Waals surface area contributed by atoms with E-state index in [1.165, 1.54) is 6.07 Å². The van der Waals surface area contributed by atoms with Gasteiger partial charge in [0.2, 0.25) is 5.56 Å². The highest BCUT2D eigenvalue weighted by atomic mass is 16.3. The van der Waals surface area contributed by atoms with Gasteiger partial charge in [-0.2, -0.15) is 0 Å². The van der Waals surface area contributed by atoms with E-state index in [4.69, 9.17) is 0 Å². The van der Waals surface area contributed by atoms with Crippen LogP contribution in [-0.4, -0.2) is 39.6 Å². The molecule has 5 heteroatoms. The molecule has 1 saturated heterocycles. The Hall–Kier alpha value is -1.62. The van der Waals surface area contributed by atoms with E-state index < -0.39 is 0 Å². The van der Waals surface area contributed by atoms with Crippen molar-refractivity contribution in [1.82, 2.24) is 9.88 Å². The summed E-state index contributed by atoms with van der Waals surface area (Å²) in [6.07, 6.45) is 5.40. The van der Waals surface area contributed by atoms with Crippen LogP contribution in [-0.2, 0) is 12.8 Å². The number of nitrogens with one attached hydrogen (secondary N) is 1. The first-order valence-electron chi connectivity index (χ1n) is 9.15. The number of H-pyrrole nitrogens is 1. The minimum Gasteiger partial charge on any atom is -0.392 e. The molecule has 2 N–H and O–H groups in total. The van der Waals surface area contributed by atoms with Crippen molar-refractivity contribution in [3.8, 4) is 0 Å². The molecule has 2 fully saturated rings. The quantitative estimate of drug-likeness (QED) is 0.826. The molecule has 130 valence electrons. The van der Waals surface area contributed by atoms with Crippen molar-refractivity contribution in [2.45, 2.75) is 64.5 Å². The molecule has 1 amide bonds. The van der Waals surface area contributed by atoms with Crippen LogP contribution in [0, 0.1) is 11.3 Å². The van der Waals surface area contributed by atoms with Crippen LogP contribution < -0.4 is 5.56 Å². The number of aliphatic hydroxyl groups is 1. The smallest absolute Gasteiger partial charge is 0.254 e. The molecule has 0 bridgehead atoms. The number of hydrogen-bond donors (Lipinski definition) is 2. The van der Waals surface area contributed by atoms with Crippen molar-refractivity contribution in [2.24, 2.45) is 11.3 Å². The zero-order valence-electron chi connectivity index (χ0n) is 14.5. The van der Waals surface area contributed by atoms with Gasteiger partial charge in [-0.05, 0) is 44.1 Å². The molecule has 3 aliphatic rings. The van der Waals surface area contributed by atoms with E-state index in [2.05, 4.69) is 4.98 Å². The van der Waals surface area contributed by atoms with Gasteiger partial charge in [0, 0.05) is 41.2 Å². The average Bonchev–Trinajstić information content (AvgIpc) is 2.59. The molecule has 2 aliphatic carbocycles. The summed E-state index contributed by atoms with van der Waals surface area (Å²) < 4.78 is 0. The molecule has 3 atom stereocenters. The Bertz CT molecular complexity index is 737. The van der Waals surface area contributed by atoms with E-state index in [-0.39, 0.29) is 34.9 Å². The maximum atomic E-state index is 13.3. The number of rotatable bonds is 1. The lowest BCUT2D eigenvalue weighted by Gasteiger charge is -2.62. The molecule has 0 radical (unpaired) electrons. The maximum absolute atomic E-state index is 13.3. The number of hydrogen-bond acceptors (Lipinski definition) is 3. The molecule has 24 heavy (non-hydrogen) atoms. The van der Waals surface area contributed by atoms with E-state index in [0.29, 0.717) is 5.56 Å². The highest BCUT2D eigenvalue weighted by Crippen LogP contribution is 2.52. The maximum Gasteiger partial charge on any atom is 0.254 e. The van der Waals surface area contributed by atoms with Gasteiger partial charge in [0.25, 0.3) is 5.91 Å². The summed E-state index contributed by atoms with van der Waals surface area (Å²) in [6, 6.07) is 1.56. The summed E-state index contributed by atoms with van der Waals surface area (Å²) in [4.78, 5) is 30.2. The lowest BCUT2D eigenvalue weighted by molar-refractivity contribution is -0.180. The van der Waals surface area contributed by atoms with Crippen LogP contribution in [0.25, 0.3) is 0 Å². The number of aromatic amines is 1. The number of pyridine rings is 1. The Kier molecular flexibility index (Phi) is 3.60. The molecule has 0 aromatic carbocycles. The minimum atomic E-state index is -0.341. The van der Waals surface area contributed by atoms with E-state index >= 15 is 0 Å². The Morgan fingerprint density at radius 3 is 2.83 bits per heavy atom. The molecule has 5 nitrogen and oxygen atoms in total. The molecular formula is C19H26N2O3. The van der Waals surface area contributed by atoms with Crippen LogP contribution >= 0.6 is 0 Å². The Morgan fingerprint density at radius 1 is 1.29 bits per heavy atom. The lowest BCUT2D eigenvalue weighted by atomic mass is 9.54. The number of likely N-dealkylation sites (tertiary alicyclic amines) is 1. The number of aliphatic hydroxyl groups excluding tert-OH is 1. The number of nitrogens with zero attached hydrogens (tertiary/aromatic N) is 1. The van der Waals surface area contributed by atoms with Gasteiger partial charge in [0.1, 0.15) is 0 Å². The summed E-state index contributed by atoms with van der Waals surface area (Å²) in [5.74, 6) is 0.157. The first-order valence-corrected chi connectivity index (χ1v) is 9.15. The van der Waals surface area contributed by atoms with Gasteiger partial charge in [-0.3, -0.25) is 9.59 Å². The first kappa shape index (κ1) is 15.9. The Labute approximate surface area is 142 Å². The molecule has 1 saturated carbocycles. The standard InChI is InChI=1S/C19H26N2O3/c1-19(2)16-12(17(19)23)7-5-9-21(16)18(24)13-10-15(22)20-14-8-4-3-6-11(13)14/h10,12,16-17,23H,3-9H2,1-2H3,(H,20,22)/t12-,16+,17-/m0/s1. The highest BCUT2D eigenvalue weighted by Gasteiger charge is 2.60. The number of aryl methyl sites for hydroxylation is 1. The molecule has 1 aromatic heterocycles. The van der Waals surface area contributed by atoms with Gasteiger partial charge in [0.05, 0.1) is 6.10 Å². The number of fused-ring (bicyclic) bond motifs is 2. The normalized spacial score (nSPS) is 31.0. The predicted octanol–water partition coefficient (Wildman–Crippen LogP) is 1.88. The molecule has 0 unspecified atom stereocenters. The highest BCUT2D eigenvalue weighted by molar-refractivity contribution is 5.96. The predicted molar refractivity (Wildman–Crippen MR) is 91.0 cm³/mol.